The summed E-state index contributed by atoms with van der Waals surface area (Å²) in [5, 5.41) is 9.03. The lowest BCUT2D eigenvalue weighted by Gasteiger charge is -2.24. The molecule has 0 radical (unpaired) electrons. The zero-order valence-electron chi connectivity index (χ0n) is 10.6. The van der Waals surface area contributed by atoms with Crippen molar-refractivity contribution < 1.29 is 13.5 Å². The number of rotatable bonds is 5. The van der Waals surface area contributed by atoms with E-state index in [-0.39, 0.29) is 12.4 Å². The molecule has 0 aromatic carbocycles. The first-order valence-corrected chi connectivity index (χ1v) is 7.99. The minimum atomic E-state index is -2.82. The van der Waals surface area contributed by atoms with Gasteiger partial charge in [0.2, 0.25) is 0 Å². The van der Waals surface area contributed by atoms with Gasteiger partial charge in [-0.25, -0.2) is 8.42 Å². The number of aliphatic hydroxyl groups excluding tert-OH is 1. The molecule has 0 amide bonds. The highest BCUT2D eigenvalue weighted by Gasteiger charge is 2.20. The molecule has 1 unspecified atom stereocenters. The molecule has 3 N–H and O–H groups in total. The van der Waals surface area contributed by atoms with Gasteiger partial charge in [0.05, 0.1) is 18.1 Å². The highest BCUT2D eigenvalue weighted by molar-refractivity contribution is 7.91. The van der Waals surface area contributed by atoms with Gasteiger partial charge in [0.1, 0.15) is 0 Å². The van der Waals surface area contributed by atoms with Crippen LogP contribution < -0.4 is 5.73 Å². The third-order valence-corrected chi connectivity index (χ3v) is 4.95. The van der Waals surface area contributed by atoms with E-state index in [1.807, 2.05) is 6.92 Å². The second kappa shape index (κ2) is 6.13. The molecule has 1 aliphatic heterocycles. The van der Waals surface area contributed by atoms with E-state index < -0.39 is 15.4 Å². The zero-order valence-corrected chi connectivity index (χ0v) is 11.4. The van der Waals surface area contributed by atoms with Crippen LogP contribution in [0.15, 0.2) is 0 Å². The maximum absolute atomic E-state index is 11.4. The molecule has 6 heteroatoms. The van der Waals surface area contributed by atoms with Gasteiger partial charge in [-0.3, -0.25) is 0 Å². The van der Waals surface area contributed by atoms with Crippen LogP contribution in [-0.4, -0.2) is 61.7 Å². The van der Waals surface area contributed by atoms with Crippen LogP contribution in [0.1, 0.15) is 26.2 Å². The number of nitrogens with two attached hydrogens (primary N) is 1. The summed E-state index contributed by atoms with van der Waals surface area (Å²) >= 11 is 0. The first kappa shape index (κ1) is 14.9. The van der Waals surface area contributed by atoms with Crippen LogP contribution >= 0.6 is 0 Å². The largest absolute Gasteiger partial charge is 0.394 e. The third-order valence-electron chi connectivity index (χ3n) is 3.23. The zero-order chi connectivity index (χ0) is 12.9. The van der Waals surface area contributed by atoms with E-state index in [0.717, 1.165) is 32.4 Å². The molecule has 1 fully saturated rings. The van der Waals surface area contributed by atoms with Crippen LogP contribution in [0.2, 0.25) is 0 Å². The van der Waals surface area contributed by atoms with Crippen LogP contribution in [0.3, 0.4) is 0 Å². The van der Waals surface area contributed by atoms with Crippen LogP contribution in [0.4, 0.5) is 0 Å². The van der Waals surface area contributed by atoms with Crippen molar-refractivity contribution in [3.8, 4) is 0 Å². The minimum Gasteiger partial charge on any atom is -0.394 e. The lowest BCUT2D eigenvalue weighted by molar-refractivity contribution is 0.189. The molecule has 0 spiro atoms. The molecule has 5 nitrogen and oxygen atoms in total. The average molecular weight is 264 g/mol. The highest BCUT2D eigenvalue weighted by Crippen LogP contribution is 2.10. The van der Waals surface area contributed by atoms with Gasteiger partial charge < -0.3 is 15.7 Å². The molecular formula is C11H24N2O3S. The topological polar surface area (TPSA) is 83.6 Å². The summed E-state index contributed by atoms with van der Waals surface area (Å²) in [5.74, 6) is 0.585. The fraction of sp³-hybridized carbons (Fsp3) is 1.00. The summed E-state index contributed by atoms with van der Waals surface area (Å²) in [5.41, 5.74) is 5.33. The van der Waals surface area contributed by atoms with Crippen molar-refractivity contribution in [2.24, 2.45) is 5.73 Å². The Kier molecular flexibility index (Phi) is 5.37. The Morgan fingerprint density at radius 1 is 1.35 bits per heavy atom. The van der Waals surface area contributed by atoms with Crippen LogP contribution in [-0.2, 0) is 9.84 Å². The summed E-state index contributed by atoms with van der Waals surface area (Å²) in [6, 6.07) is 0. The monoisotopic (exact) mass is 264 g/mol. The summed E-state index contributed by atoms with van der Waals surface area (Å²) in [6.45, 7) is 4.16. The van der Waals surface area contributed by atoms with Gasteiger partial charge in [0.25, 0.3) is 0 Å². The third kappa shape index (κ3) is 5.81. The quantitative estimate of drug-likeness (QED) is 0.706. The molecule has 1 saturated heterocycles. The van der Waals surface area contributed by atoms with E-state index in [2.05, 4.69) is 4.90 Å². The average Bonchev–Trinajstić information content (AvgIpc) is 2.40. The maximum Gasteiger partial charge on any atom is 0.151 e. The summed E-state index contributed by atoms with van der Waals surface area (Å²) in [6.07, 6.45) is 2.38. The Labute approximate surface area is 104 Å². The number of hydrogen-bond acceptors (Lipinski definition) is 5. The fourth-order valence-electron chi connectivity index (χ4n) is 2.00. The van der Waals surface area contributed by atoms with Crippen LogP contribution in [0.5, 0.6) is 0 Å². The SMILES string of the molecule is CC(N)(CO)CCCN1CCCS(=O)(=O)CC1. The minimum absolute atomic E-state index is 0.0125. The lowest BCUT2D eigenvalue weighted by atomic mass is 9.98. The standard InChI is InChI=1S/C11H24N2O3S/c1-11(12,10-14)4-2-5-13-6-3-8-17(15,16)9-7-13/h14H,2-10,12H2,1H3. The Morgan fingerprint density at radius 3 is 2.71 bits per heavy atom. The van der Waals surface area contributed by atoms with Gasteiger partial charge in [-0.15, -0.1) is 0 Å². The highest BCUT2D eigenvalue weighted by atomic mass is 32.2. The van der Waals surface area contributed by atoms with E-state index in [9.17, 15) is 8.42 Å². The van der Waals surface area contributed by atoms with E-state index in [1.165, 1.54) is 0 Å². The molecule has 0 aromatic rings. The molecule has 0 saturated carbocycles. The Morgan fingerprint density at radius 2 is 2.06 bits per heavy atom. The molecule has 1 heterocycles. The molecule has 1 atom stereocenters. The smallest absolute Gasteiger partial charge is 0.151 e. The molecule has 17 heavy (non-hydrogen) atoms. The van der Waals surface area contributed by atoms with Crippen molar-refractivity contribution in [1.29, 1.82) is 0 Å². The van der Waals surface area contributed by atoms with E-state index in [4.69, 9.17) is 10.8 Å². The molecule has 0 aromatic heterocycles. The molecule has 0 bridgehead atoms. The predicted octanol–water partition coefficient (Wildman–Crippen LogP) is -0.403. The van der Waals surface area contributed by atoms with Gasteiger partial charge in [0.15, 0.2) is 9.84 Å². The van der Waals surface area contributed by atoms with Crippen molar-refractivity contribution >= 4 is 9.84 Å². The molecule has 1 aliphatic rings. The molecule has 1 rings (SSSR count). The van der Waals surface area contributed by atoms with Crippen molar-refractivity contribution in [1.82, 2.24) is 4.90 Å². The normalized spacial score (nSPS) is 25.1. The first-order chi connectivity index (χ1) is 7.85. The summed E-state index contributed by atoms with van der Waals surface area (Å²) in [4.78, 5) is 2.18. The predicted molar refractivity (Wildman–Crippen MR) is 68.6 cm³/mol. The van der Waals surface area contributed by atoms with Gasteiger partial charge in [-0.1, -0.05) is 0 Å². The Hall–Kier alpha value is -0.170. The second-order valence-electron chi connectivity index (χ2n) is 5.26. The molecular weight excluding hydrogens is 240 g/mol. The Bertz CT molecular complexity index is 328. The van der Waals surface area contributed by atoms with Crippen molar-refractivity contribution in [2.45, 2.75) is 31.7 Å². The first-order valence-electron chi connectivity index (χ1n) is 6.17. The van der Waals surface area contributed by atoms with Crippen LogP contribution in [0.25, 0.3) is 0 Å². The van der Waals surface area contributed by atoms with E-state index in [1.54, 1.807) is 0 Å². The summed E-state index contributed by atoms with van der Waals surface area (Å²) in [7, 11) is -2.82. The number of aliphatic hydroxyl groups is 1. The van der Waals surface area contributed by atoms with Gasteiger partial charge in [0, 0.05) is 12.1 Å². The van der Waals surface area contributed by atoms with Crippen molar-refractivity contribution in [3.05, 3.63) is 0 Å². The van der Waals surface area contributed by atoms with Gasteiger partial charge in [-0.2, -0.15) is 0 Å². The number of sulfone groups is 1. The maximum atomic E-state index is 11.4. The fourth-order valence-corrected chi connectivity index (χ4v) is 3.31. The van der Waals surface area contributed by atoms with Gasteiger partial charge >= 0.3 is 0 Å². The van der Waals surface area contributed by atoms with Crippen molar-refractivity contribution in [2.75, 3.05) is 37.7 Å². The second-order valence-corrected chi connectivity index (χ2v) is 7.57. The lowest BCUT2D eigenvalue weighted by Crippen LogP contribution is -2.41. The number of hydrogen-bond donors (Lipinski definition) is 2. The Balaban J connectivity index is 2.29. The van der Waals surface area contributed by atoms with Gasteiger partial charge in [-0.05, 0) is 39.3 Å². The summed E-state index contributed by atoms with van der Waals surface area (Å²) < 4.78 is 22.8. The molecule has 0 aliphatic carbocycles. The molecule has 102 valence electrons. The number of nitrogens with zero attached hydrogens (tertiary/aromatic N) is 1. The van der Waals surface area contributed by atoms with Crippen molar-refractivity contribution in [3.63, 3.8) is 0 Å². The van der Waals surface area contributed by atoms with E-state index >= 15 is 0 Å². The van der Waals surface area contributed by atoms with Crippen LogP contribution in [0, 0.1) is 0 Å². The van der Waals surface area contributed by atoms with E-state index in [0.29, 0.717) is 12.3 Å².